The number of hydrogen-bond acceptors (Lipinski definition) is 4. The van der Waals surface area contributed by atoms with E-state index < -0.39 is 0 Å². The van der Waals surface area contributed by atoms with Gasteiger partial charge in [-0.3, -0.25) is 4.99 Å². The zero-order chi connectivity index (χ0) is 18.8. The first-order valence-corrected chi connectivity index (χ1v) is 8.82. The maximum atomic E-state index is 5.50. The summed E-state index contributed by atoms with van der Waals surface area (Å²) in [6, 6.07) is 10.1. The van der Waals surface area contributed by atoms with Crippen molar-refractivity contribution >= 4 is 5.96 Å². The van der Waals surface area contributed by atoms with E-state index in [0.29, 0.717) is 25.6 Å². The lowest BCUT2D eigenvalue weighted by atomic mass is 10.1. The van der Waals surface area contributed by atoms with Crippen LogP contribution in [-0.2, 0) is 13.1 Å². The lowest BCUT2D eigenvalue weighted by molar-refractivity contribution is 0.305. The number of methoxy groups -OCH3 is 1. The van der Waals surface area contributed by atoms with E-state index in [9.17, 15) is 0 Å². The van der Waals surface area contributed by atoms with E-state index in [1.54, 1.807) is 14.2 Å². The van der Waals surface area contributed by atoms with E-state index in [4.69, 9.17) is 9.47 Å². The van der Waals surface area contributed by atoms with Gasteiger partial charge in [-0.05, 0) is 30.5 Å². The van der Waals surface area contributed by atoms with Gasteiger partial charge in [0.05, 0.1) is 13.7 Å². The number of rotatable bonds is 8. The Morgan fingerprint density at radius 3 is 2.62 bits per heavy atom. The summed E-state index contributed by atoms with van der Waals surface area (Å²) < 4.78 is 10.9. The fourth-order valence-corrected chi connectivity index (χ4v) is 2.39. The van der Waals surface area contributed by atoms with Crippen molar-refractivity contribution in [2.24, 2.45) is 4.99 Å². The Bertz CT molecular complexity index is 714. The molecule has 0 bridgehead atoms. The number of ether oxygens (including phenoxy) is 2. The molecule has 1 aromatic heterocycles. The molecule has 26 heavy (non-hydrogen) atoms. The van der Waals surface area contributed by atoms with Crippen molar-refractivity contribution in [2.75, 3.05) is 20.8 Å². The third kappa shape index (κ3) is 5.95. The Labute approximate surface area is 155 Å². The van der Waals surface area contributed by atoms with Crippen molar-refractivity contribution in [3.8, 4) is 11.6 Å². The second kappa shape index (κ2) is 10.3. The quantitative estimate of drug-likeness (QED) is 0.562. The van der Waals surface area contributed by atoms with Crippen LogP contribution in [0.1, 0.15) is 30.0 Å². The van der Waals surface area contributed by atoms with Gasteiger partial charge in [-0.25, -0.2) is 4.98 Å². The van der Waals surface area contributed by atoms with E-state index in [-0.39, 0.29) is 0 Å². The Morgan fingerprint density at radius 2 is 1.96 bits per heavy atom. The molecule has 0 spiro atoms. The highest BCUT2D eigenvalue weighted by atomic mass is 16.5. The van der Waals surface area contributed by atoms with Crippen LogP contribution in [0.15, 0.2) is 41.5 Å². The molecular weight excluding hydrogens is 328 g/mol. The normalized spacial score (nSPS) is 11.2. The molecule has 0 aliphatic carbocycles. The zero-order valence-corrected chi connectivity index (χ0v) is 16.0. The summed E-state index contributed by atoms with van der Waals surface area (Å²) in [6.07, 6.45) is 2.78. The number of guanidine groups is 1. The van der Waals surface area contributed by atoms with Crippen LogP contribution < -0.4 is 20.1 Å². The largest absolute Gasteiger partial charge is 0.496 e. The van der Waals surface area contributed by atoms with Gasteiger partial charge in [-0.1, -0.05) is 25.1 Å². The molecule has 0 unspecified atom stereocenters. The van der Waals surface area contributed by atoms with Gasteiger partial charge in [0.25, 0.3) is 0 Å². The Hall–Kier alpha value is -2.76. The second-order valence-corrected chi connectivity index (χ2v) is 5.95. The molecule has 1 heterocycles. The van der Waals surface area contributed by atoms with Crippen molar-refractivity contribution < 1.29 is 9.47 Å². The monoisotopic (exact) mass is 356 g/mol. The molecule has 2 rings (SSSR count). The van der Waals surface area contributed by atoms with Crippen LogP contribution in [-0.4, -0.2) is 31.7 Å². The predicted molar refractivity (Wildman–Crippen MR) is 105 cm³/mol. The Kier molecular flexibility index (Phi) is 7.74. The van der Waals surface area contributed by atoms with Gasteiger partial charge in [0.2, 0.25) is 5.88 Å². The standard InChI is InChI=1S/C20H28N4O2/c1-5-10-26-19-9-7-16(12-22-19)13-23-20(21-3)24-14-17-8-6-15(2)11-18(17)25-4/h6-9,11-12H,5,10,13-14H2,1-4H3,(H2,21,23,24). The zero-order valence-electron chi connectivity index (χ0n) is 16.0. The fourth-order valence-electron chi connectivity index (χ4n) is 2.39. The smallest absolute Gasteiger partial charge is 0.213 e. The summed E-state index contributed by atoms with van der Waals surface area (Å²) in [5, 5.41) is 6.59. The third-order valence-electron chi connectivity index (χ3n) is 3.82. The number of aliphatic imine (C=N–C) groups is 1. The van der Waals surface area contributed by atoms with Crippen LogP contribution in [0, 0.1) is 6.92 Å². The van der Waals surface area contributed by atoms with Crippen molar-refractivity contribution in [2.45, 2.75) is 33.4 Å². The second-order valence-electron chi connectivity index (χ2n) is 5.95. The minimum Gasteiger partial charge on any atom is -0.496 e. The molecule has 0 aliphatic heterocycles. The molecule has 0 aliphatic rings. The summed E-state index contributed by atoms with van der Waals surface area (Å²) in [6.45, 7) is 6.07. The van der Waals surface area contributed by atoms with Crippen molar-refractivity contribution in [3.05, 3.63) is 53.2 Å². The number of pyridine rings is 1. The first-order valence-electron chi connectivity index (χ1n) is 8.82. The van der Waals surface area contributed by atoms with Crippen LogP contribution in [0.4, 0.5) is 0 Å². The van der Waals surface area contributed by atoms with Gasteiger partial charge >= 0.3 is 0 Å². The predicted octanol–water partition coefficient (Wildman–Crippen LogP) is 3.05. The number of aryl methyl sites for hydroxylation is 1. The first kappa shape index (κ1) is 19.6. The number of aromatic nitrogens is 1. The maximum Gasteiger partial charge on any atom is 0.213 e. The minimum atomic E-state index is 0.630. The SMILES string of the molecule is CCCOc1ccc(CNC(=NC)NCc2ccc(C)cc2OC)cn1. The molecule has 0 atom stereocenters. The van der Waals surface area contributed by atoms with Crippen LogP contribution in [0.3, 0.4) is 0 Å². The summed E-state index contributed by atoms with van der Waals surface area (Å²) in [5.74, 6) is 2.25. The summed E-state index contributed by atoms with van der Waals surface area (Å²) in [7, 11) is 3.44. The van der Waals surface area contributed by atoms with Crippen molar-refractivity contribution in [1.82, 2.24) is 15.6 Å². The highest BCUT2D eigenvalue weighted by Crippen LogP contribution is 2.19. The van der Waals surface area contributed by atoms with Gasteiger partial charge in [0.1, 0.15) is 5.75 Å². The van der Waals surface area contributed by atoms with E-state index in [1.165, 1.54) is 5.56 Å². The molecule has 0 amide bonds. The number of benzene rings is 1. The average molecular weight is 356 g/mol. The number of hydrogen-bond donors (Lipinski definition) is 2. The Morgan fingerprint density at radius 1 is 1.15 bits per heavy atom. The molecule has 140 valence electrons. The van der Waals surface area contributed by atoms with Crippen LogP contribution in [0.2, 0.25) is 0 Å². The number of nitrogens with zero attached hydrogens (tertiary/aromatic N) is 2. The van der Waals surface area contributed by atoms with E-state index >= 15 is 0 Å². The van der Waals surface area contributed by atoms with Crippen LogP contribution in [0.25, 0.3) is 0 Å². The molecule has 6 heteroatoms. The topological polar surface area (TPSA) is 67.8 Å². The lowest BCUT2D eigenvalue weighted by Crippen LogP contribution is -2.36. The van der Waals surface area contributed by atoms with Gasteiger partial charge in [-0.2, -0.15) is 0 Å². The fraction of sp³-hybridized carbons (Fsp3) is 0.400. The van der Waals surface area contributed by atoms with Crippen molar-refractivity contribution in [3.63, 3.8) is 0 Å². The third-order valence-corrected chi connectivity index (χ3v) is 3.82. The van der Waals surface area contributed by atoms with Gasteiger partial charge < -0.3 is 20.1 Å². The Balaban J connectivity index is 1.86. The van der Waals surface area contributed by atoms with E-state index in [2.05, 4.69) is 39.7 Å². The minimum absolute atomic E-state index is 0.630. The van der Waals surface area contributed by atoms with Gasteiger partial charge in [0.15, 0.2) is 5.96 Å². The maximum absolute atomic E-state index is 5.50. The highest BCUT2D eigenvalue weighted by Gasteiger charge is 2.05. The number of nitrogens with one attached hydrogen (secondary N) is 2. The van der Waals surface area contributed by atoms with Gasteiger partial charge in [-0.15, -0.1) is 0 Å². The van der Waals surface area contributed by atoms with Crippen LogP contribution >= 0.6 is 0 Å². The van der Waals surface area contributed by atoms with Gasteiger partial charge in [0, 0.05) is 38.0 Å². The molecule has 1 aromatic carbocycles. The van der Waals surface area contributed by atoms with Crippen LogP contribution in [0.5, 0.6) is 11.6 Å². The molecule has 0 fully saturated rings. The molecule has 0 radical (unpaired) electrons. The lowest BCUT2D eigenvalue weighted by Gasteiger charge is -2.14. The summed E-state index contributed by atoms with van der Waals surface area (Å²) in [5.41, 5.74) is 3.32. The molecule has 0 saturated carbocycles. The molecule has 0 saturated heterocycles. The van der Waals surface area contributed by atoms with E-state index in [0.717, 1.165) is 29.3 Å². The summed E-state index contributed by atoms with van der Waals surface area (Å²) in [4.78, 5) is 8.56. The van der Waals surface area contributed by atoms with Crippen molar-refractivity contribution in [1.29, 1.82) is 0 Å². The molecular formula is C20H28N4O2. The first-order chi connectivity index (χ1) is 12.7. The average Bonchev–Trinajstić information content (AvgIpc) is 2.68. The summed E-state index contributed by atoms with van der Waals surface area (Å²) >= 11 is 0. The molecule has 2 N–H and O–H groups in total. The van der Waals surface area contributed by atoms with E-state index in [1.807, 2.05) is 31.3 Å². The molecule has 6 nitrogen and oxygen atoms in total. The molecule has 2 aromatic rings. The highest BCUT2D eigenvalue weighted by molar-refractivity contribution is 5.79.